The van der Waals surface area contributed by atoms with Gasteiger partial charge in [-0.25, -0.2) is 0 Å². The molecule has 1 saturated carbocycles. The van der Waals surface area contributed by atoms with Crippen molar-refractivity contribution in [3.63, 3.8) is 0 Å². The van der Waals surface area contributed by atoms with Crippen LogP contribution in [0, 0.1) is 5.92 Å². The number of methoxy groups -OCH3 is 1. The molecule has 2 rings (SSSR count). The summed E-state index contributed by atoms with van der Waals surface area (Å²) in [6, 6.07) is 7.78. The fourth-order valence-corrected chi connectivity index (χ4v) is 2.20. The molecular weight excluding hydrogens is 240 g/mol. The Labute approximate surface area is 114 Å². The van der Waals surface area contributed by atoms with Crippen molar-refractivity contribution in [1.82, 2.24) is 0 Å². The molecule has 104 valence electrons. The van der Waals surface area contributed by atoms with Crippen molar-refractivity contribution in [2.24, 2.45) is 11.7 Å². The van der Waals surface area contributed by atoms with Crippen molar-refractivity contribution in [1.29, 1.82) is 0 Å². The molecule has 4 nitrogen and oxygen atoms in total. The van der Waals surface area contributed by atoms with Gasteiger partial charge in [0.15, 0.2) is 0 Å². The number of rotatable bonds is 6. The summed E-state index contributed by atoms with van der Waals surface area (Å²) < 4.78 is 5.08. The first kappa shape index (κ1) is 14.0. The highest BCUT2D eigenvalue weighted by Crippen LogP contribution is 2.38. The van der Waals surface area contributed by atoms with Crippen LogP contribution < -0.4 is 11.1 Å². The maximum absolute atomic E-state index is 12.3. The van der Waals surface area contributed by atoms with E-state index in [0.29, 0.717) is 12.5 Å². The number of nitrogens with one attached hydrogen (secondary N) is 1. The molecule has 0 radical (unpaired) electrons. The number of nitrogens with two attached hydrogens (primary N) is 1. The van der Waals surface area contributed by atoms with Crippen LogP contribution in [0.3, 0.4) is 0 Å². The minimum absolute atomic E-state index is 0.0973. The Hall–Kier alpha value is -1.39. The normalized spacial score (nSPS) is 17.8. The zero-order chi connectivity index (χ0) is 13.9. The SMILES string of the molecule is COCCc1ccccc1NC(=O)C(C)(N)C1CC1. The van der Waals surface area contributed by atoms with Gasteiger partial charge in [-0.1, -0.05) is 18.2 Å². The molecule has 0 heterocycles. The van der Waals surface area contributed by atoms with E-state index < -0.39 is 5.54 Å². The number of carbonyl (C=O) groups is 1. The number of amides is 1. The zero-order valence-corrected chi connectivity index (χ0v) is 11.6. The summed E-state index contributed by atoms with van der Waals surface area (Å²) in [5, 5.41) is 2.96. The van der Waals surface area contributed by atoms with E-state index >= 15 is 0 Å². The minimum Gasteiger partial charge on any atom is -0.384 e. The smallest absolute Gasteiger partial charge is 0.244 e. The molecule has 1 aromatic carbocycles. The second kappa shape index (κ2) is 5.72. The molecular formula is C15H22N2O2. The molecule has 1 fully saturated rings. The fourth-order valence-electron chi connectivity index (χ4n) is 2.20. The lowest BCUT2D eigenvalue weighted by molar-refractivity contribution is -0.121. The van der Waals surface area contributed by atoms with E-state index in [4.69, 9.17) is 10.5 Å². The Morgan fingerprint density at radius 3 is 2.79 bits per heavy atom. The Bertz CT molecular complexity index is 453. The van der Waals surface area contributed by atoms with Crippen molar-refractivity contribution in [3.8, 4) is 0 Å². The third kappa shape index (κ3) is 3.33. The Kier molecular flexibility index (Phi) is 4.22. The van der Waals surface area contributed by atoms with Crippen LogP contribution in [-0.4, -0.2) is 25.2 Å². The van der Waals surface area contributed by atoms with Gasteiger partial charge in [0.1, 0.15) is 0 Å². The summed E-state index contributed by atoms with van der Waals surface area (Å²) in [4.78, 5) is 12.3. The second-order valence-corrected chi connectivity index (χ2v) is 5.41. The highest BCUT2D eigenvalue weighted by atomic mass is 16.5. The van der Waals surface area contributed by atoms with Crippen molar-refractivity contribution < 1.29 is 9.53 Å². The minimum atomic E-state index is -0.769. The van der Waals surface area contributed by atoms with Crippen LogP contribution in [-0.2, 0) is 16.0 Å². The number of hydrogen-bond acceptors (Lipinski definition) is 3. The molecule has 4 heteroatoms. The van der Waals surface area contributed by atoms with Crippen molar-refractivity contribution in [2.75, 3.05) is 19.0 Å². The average molecular weight is 262 g/mol. The number of ether oxygens (including phenoxy) is 1. The number of hydrogen-bond donors (Lipinski definition) is 2. The summed E-state index contributed by atoms with van der Waals surface area (Å²) >= 11 is 0. The summed E-state index contributed by atoms with van der Waals surface area (Å²) in [7, 11) is 1.67. The van der Waals surface area contributed by atoms with E-state index in [2.05, 4.69) is 5.32 Å². The Balaban J connectivity index is 2.07. The maximum atomic E-state index is 12.3. The van der Waals surface area contributed by atoms with Crippen molar-refractivity contribution >= 4 is 11.6 Å². The first-order chi connectivity index (χ1) is 9.05. The van der Waals surface area contributed by atoms with Crippen LogP contribution in [0.25, 0.3) is 0 Å². The topological polar surface area (TPSA) is 64.3 Å². The molecule has 1 aliphatic rings. The fraction of sp³-hybridized carbons (Fsp3) is 0.533. The molecule has 1 unspecified atom stereocenters. The molecule has 1 aliphatic carbocycles. The van der Waals surface area contributed by atoms with Crippen LogP contribution >= 0.6 is 0 Å². The molecule has 0 aromatic heterocycles. The maximum Gasteiger partial charge on any atom is 0.244 e. The van der Waals surface area contributed by atoms with E-state index in [1.165, 1.54) is 0 Å². The third-order valence-corrected chi connectivity index (χ3v) is 3.76. The summed E-state index contributed by atoms with van der Waals surface area (Å²) in [6.07, 6.45) is 2.87. The van der Waals surface area contributed by atoms with Crippen LogP contribution in [0.15, 0.2) is 24.3 Å². The van der Waals surface area contributed by atoms with Gasteiger partial charge in [-0.3, -0.25) is 4.79 Å². The van der Waals surface area contributed by atoms with E-state index in [9.17, 15) is 4.79 Å². The monoisotopic (exact) mass is 262 g/mol. The Morgan fingerprint density at radius 2 is 2.16 bits per heavy atom. The predicted octanol–water partition coefficient (Wildman–Crippen LogP) is 1.94. The largest absolute Gasteiger partial charge is 0.384 e. The van der Waals surface area contributed by atoms with Crippen molar-refractivity contribution in [3.05, 3.63) is 29.8 Å². The van der Waals surface area contributed by atoms with E-state index in [1.54, 1.807) is 7.11 Å². The van der Waals surface area contributed by atoms with Crippen LogP contribution in [0.4, 0.5) is 5.69 Å². The molecule has 19 heavy (non-hydrogen) atoms. The van der Waals surface area contributed by atoms with Crippen molar-refractivity contribution in [2.45, 2.75) is 31.7 Å². The molecule has 1 atom stereocenters. The van der Waals surface area contributed by atoms with Gasteiger partial charge in [0, 0.05) is 12.8 Å². The van der Waals surface area contributed by atoms with Gasteiger partial charge in [-0.2, -0.15) is 0 Å². The highest BCUT2D eigenvalue weighted by molar-refractivity contribution is 5.98. The predicted molar refractivity (Wildman–Crippen MR) is 76.0 cm³/mol. The van der Waals surface area contributed by atoms with Gasteiger partial charge in [0.2, 0.25) is 5.91 Å². The number of carbonyl (C=O) groups excluding carboxylic acids is 1. The molecule has 0 aliphatic heterocycles. The number of para-hydroxylation sites is 1. The summed E-state index contributed by atoms with van der Waals surface area (Å²) in [6.45, 7) is 2.45. The second-order valence-electron chi connectivity index (χ2n) is 5.41. The Morgan fingerprint density at radius 1 is 1.47 bits per heavy atom. The van der Waals surface area contributed by atoms with E-state index in [0.717, 1.165) is 30.5 Å². The molecule has 0 bridgehead atoms. The van der Waals surface area contributed by atoms with Crippen LogP contribution in [0.5, 0.6) is 0 Å². The lowest BCUT2D eigenvalue weighted by Gasteiger charge is -2.24. The molecule has 0 spiro atoms. The van der Waals surface area contributed by atoms with Gasteiger partial charge < -0.3 is 15.8 Å². The van der Waals surface area contributed by atoms with E-state index in [1.807, 2.05) is 31.2 Å². The molecule has 3 N–H and O–H groups in total. The lowest BCUT2D eigenvalue weighted by atomic mass is 9.96. The van der Waals surface area contributed by atoms with Gasteiger partial charge in [-0.15, -0.1) is 0 Å². The van der Waals surface area contributed by atoms with Gasteiger partial charge in [0.05, 0.1) is 12.1 Å². The summed E-state index contributed by atoms with van der Waals surface area (Å²) in [5.74, 6) is 0.221. The zero-order valence-electron chi connectivity index (χ0n) is 11.6. The highest BCUT2D eigenvalue weighted by Gasteiger charge is 2.44. The number of benzene rings is 1. The van der Waals surface area contributed by atoms with Gasteiger partial charge in [-0.05, 0) is 43.7 Å². The van der Waals surface area contributed by atoms with Gasteiger partial charge >= 0.3 is 0 Å². The molecule has 0 saturated heterocycles. The van der Waals surface area contributed by atoms with E-state index in [-0.39, 0.29) is 5.91 Å². The third-order valence-electron chi connectivity index (χ3n) is 3.76. The van der Waals surface area contributed by atoms with Crippen LogP contribution in [0.1, 0.15) is 25.3 Å². The molecule has 1 aromatic rings. The lowest BCUT2D eigenvalue weighted by Crippen LogP contribution is -2.50. The van der Waals surface area contributed by atoms with Gasteiger partial charge in [0.25, 0.3) is 0 Å². The standard InChI is InChI=1S/C15H22N2O2/c1-15(16,12-7-8-12)14(18)17-13-6-4-3-5-11(13)9-10-19-2/h3-6,12H,7-10,16H2,1-2H3,(H,17,18). The first-order valence-corrected chi connectivity index (χ1v) is 6.73. The number of anilines is 1. The van der Waals surface area contributed by atoms with Crippen LogP contribution in [0.2, 0.25) is 0 Å². The summed E-state index contributed by atoms with van der Waals surface area (Å²) in [5.41, 5.74) is 7.27. The average Bonchev–Trinajstić information content (AvgIpc) is 3.22. The first-order valence-electron chi connectivity index (χ1n) is 6.73. The quantitative estimate of drug-likeness (QED) is 0.823. The molecule has 1 amide bonds.